The fourth-order valence-electron chi connectivity index (χ4n) is 5.09. The first kappa shape index (κ1) is 18.2. The second kappa shape index (κ2) is 7.53. The van der Waals surface area contributed by atoms with E-state index in [-0.39, 0.29) is 5.56 Å². The van der Waals surface area contributed by atoms with E-state index in [4.69, 9.17) is 4.74 Å². The van der Waals surface area contributed by atoms with Gasteiger partial charge in [-0.05, 0) is 41.7 Å². The van der Waals surface area contributed by atoms with E-state index >= 15 is 0 Å². The quantitative estimate of drug-likeness (QED) is 0.676. The van der Waals surface area contributed by atoms with Gasteiger partial charge in [0.05, 0.1) is 7.11 Å². The van der Waals surface area contributed by atoms with Crippen LogP contribution in [-0.4, -0.2) is 29.7 Å². The third-order valence-corrected chi connectivity index (χ3v) is 6.32. The molecule has 148 valence electrons. The molecule has 2 aliphatic rings. The fourth-order valence-corrected chi connectivity index (χ4v) is 5.09. The van der Waals surface area contributed by atoms with Crippen molar-refractivity contribution in [2.24, 2.45) is 5.92 Å². The summed E-state index contributed by atoms with van der Waals surface area (Å²) in [5.74, 6) is 1.82. The molecule has 4 heteroatoms. The number of fused-ring (bicyclic) bond motifs is 4. The Balaban J connectivity index is 1.46. The number of benzene rings is 2. The summed E-state index contributed by atoms with van der Waals surface area (Å²) >= 11 is 0. The van der Waals surface area contributed by atoms with Crippen LogP contribution in [0.2, 0.25) is 0 Å². The van der Waals surface area contributed by atoms with Crippen LogP contribution in [0.4, 0.5) is 0 Å². The normalized spacial score (nSPS) is 20.9. The van der Waals surface area contributed by atoms with Gasteiger partial charge in [0, 0.05) is 49.4 Å². The zero-order valence-corrected chi connectivity index (χ0v) is 16.8. The maximum absolute atomic E-state index is 12.6. The van der Waals surface area contributed by atoms with Crippen LogP contribution in [0.5, 0.6) is 5.75 Å². The monoisotopic (exact) mass is 386 g/mol. The number of nitrogens with zero attached hydrogens (tertiary/aromatic N) is 2. The minimum Gasteiger partial charge on any atom is -0.497 e. The van der Waals surface area contributed by atoms with Gasteiger partial charge in [0.2, 0.25) is 0 Å². The Morgan fingerprint density at radius 1 is 0.931 bits per heavy atom. The molecule has 4 nitrogen and oxygen atoms in total. The Morgan fingerprint density at radius 3 is 2.48 bits per heavy atom. The Bertz CT molecular complexity index is 1060. The van der Waals surface area contributed by atoms with Gasteiger partial charge in [-0.15, -0.1) is 0 Å². The molecule has 0 aliphatic carbocycles. The van der Waals surface area contributed by atoms with Crippen molar-refractivity contribution in [3.63, 3.8) is 0 Å². The highest BCUT2D eigenvalue weighted by atomic mass is 16.5. The van der Waals surface area contributed by atoms with Crippen molar-refractivity contribution >= 4 is 0 Å². The fraction of sp³-hybridized carbons (Fsp3) is 0.320. The second-order valence-corrected chi connectivity index (χ2v) is 8.29. The van der Waals surface area contributed by atoms with Gasteiger partial charge in [-0.2, -0.15) is 0 Å². The summed E-state index contributed by atoms with van der Waals surface area (Å²) in [6.45, 7) is 3.80. The molecule has 0 radical (unpaired) electrons. The maximum atomic E-state index is 12.6. The molecule has 0 saturated carbocycles. The van der Waals surface area contributed by atoms with Crippen LogP contribution in [0, 0.1) is 5.92 Å². The molecule has 3 aromatic rings. The number of piperidine rings is 1. The lowest BCUT2D eigenvalue weighted by molar-refractivity contribution is 0.115. The number of pyridine rings is 1. The third-order valence-electron chi connectivity index (χ3n) is 6.32. The largest absolute Gasteiger partial charge is 0.497 e. The first-order chi connectivity index (χ1) is 14.2. The van der Waals surface area contributed by atoms with Gasteiger partial charge in [-0.1, -0.05) is 42.5 Å². The van der Waals surface area contributed by atoms with Crippen molar-refractivity contribution in [2.75, 3.05) is 20.2 Å². The zero-order valence-electron chi connectivity index (χ0n) is 16.8. The Labute approximate surface area is 171 Å². The van der Waals surface area contributed by atoms with Crippen LogP contribution in [-0.2, 0) is 13.1 Å². The van der Waals surface area contributed by atoms with E-state index in [2.05, 4.69) is 41.3 Å². The average Bonchev–Trinajstić information content (AvgIpc) is 2.75. The summed E-state index contributed by atoms with van der Waals surface area (Å²) in [6, 6.07) is 22.6. The zero-order chi connectivity index (χ0) is 19.8. The number of likely N-dealkylation sites (tertiary alicyclic amines) is 1. The van der Waals surface area contributed by atoms with Crippen molar-refractivity contribution < 1.29 is 4.74 Å². The van der Waals surface area contributed by atoms with E-state index in [0.29, 0.717) is 11.8 Å². The SMILES string of the molecule is COc1ccc(CN2CC3CC(C2)c2c(-c4ccccc4)ccc(=O)n2C3)cc1. The predicted octanol–water partition coefficient (Wildman–Crippen LogP) is 4.14. The maximum Gasteiger partial charge on any atom is 0.250 e. The number of ether oxygens (including phenoxy) is 1. The number of rotatable bonds is 4. The van der Waals surface area contributed by atoms with Crippen LogP contribution >= 0.6 is 0 Å². The van der Waals surface area contributed by atoms with E-state index in [1.54, 1.807) is 13.2 Å². The first-order valence-electron chi connectivity index (χ1n) is 10.4. The van der Waals surface area contributed by atoms with Gasteiger partial charge in [0.15, 0.2) is 0 Å². The standard InChI is InChI=1S/C25H26N2O2/c1-29-22-9-7-18(8-10-22)14-26-15-19-13-21(17-26)25-23(20-5-3-2-4-6-20)11-12-24(28)27(25)16-19/h2-12,19,21H,13-17H2,1H3. The van der Waals surface area contributed by atoms with Crippen LogP contribution in [0.3, 0.4) is 0 Å². The molecular formula is C25H26N2O2. The molecule has 2 bridgehead atoms. The Morgan fingerprint density at radius 2 is 1.72 bits per heavy atom. The summed E-state index contributed by atoms with van der Waals surface area (Å²) in [7, 11) is 1.70. The summed E-state index contributed by atoms with van der Waals surface area (Å²) in [5.41, 5.74) is 5.07. The summed E-state index contributed by atoms with van der Waals surface area (Å²) in [6.07, 6.45) is 1.17. The van der Waals surface area contributed by atoms with Crippen molar-refractivity contribution in [3.8, 4) is 16.9 Å². The second-order valence-electron chi connectivity index (χ2n) is 8.29. The van der Waals surface area contributed by atoms with E-state index in [9.17, 15) is 4.79 Å². The van der Waals surface area contributed by atoms with Crippen molar-refractivity contribution in [1.82, 2.24) is 9.47 Å². The number of hydrogen-bond acceptors (Lipinski definition) is 3. The van der Waals surface area contributed by atoms with Gasteiger partial charge in [-0.3, -0.25) is 9.69 Å². The highest BCUT2D eigenvalue weighted by Gasteiger charge is 2.36. The van der Waals surface area contributed by atoms with Crippen LogP contribution in [0.15, 0.2) is 71.5 Å². The molecule has 5 rings (SSSR count). The van der Waals surface area contributed by atoms with Crippen LogP contribution < -0.4 is 10.3 Å². The summed E-state index contributed by atoms with van der Waals surface area (Å²) in [4.78, 5) is 15.2. The smallest absolute Gasteiger partial charge is 0.250 e. The number of methoxy groups -OCH3 is 1. The van der Waals surface area contributed by atoms with Gasteiger partial charge in [0.1, 0.15) is 5.75 Å². The Hall–Kier alpha value is -2.85. The number of hydrogen-bond donors (Lipinski definition) is 0. The molecule has 0 N–H and O–H groups in total. The molecule has 2 aliphatic heterocycles. The third kappa shape index (κ3) is 3.49. The molecule has 2 unspecified atom stereocenters. The lowest BCUT2D eigenvalue weighted by Gasteiger charge is -2.43. The molecule has 3 heterocycles. The Kier molecular flexibility index (Phi) is 4.72. The van der Waals surface area contributed by atoms with Crippen molar-refractivity contribution in [1.29, 1.82) is 0 Å². The van der Waals surface area contributed by atoms with E-state index in [1.807, 2.05) is 28.8 Å². The van der Waals surface area contributed by atoms with Crippen LogP contribution in [0.25, 0.3) is 11.1 Å². The molecule has 1 saturated heterocycles. The predicted molar refractivity (Wildman–Crippen MR) is 115 cm³/mol. The molecule has 1 aromatic heterocycles. The average molecular weight is 386 g/mol. The minimum absolute atomic E-state index is 0.137. The van der Waals surface area contributed by atoms with Gasteiger partial charge >= 0.3 is 0 Å². The highest BCUT2D eigenvalue weighted by molar-refractivity contribution is 5.67. The molecular weight excluding hydrogens is 360 g/mol. The lowest BCUT2D eigenvalue weighted by atomic mass is 9.80. The topological polar surface area (TPSA) is 34.5 Å². The molecule has 0 spiro atoms. The first-order valence-corrected chi connectivity index (χ1v) is 10.4. The van der Waals surface area contributed by atoms with Gasteiger partial charge in [-0.25, -0.2) is 0 Å². The molecule has 2 aromatic carbocycles. The van der Waals surface area contributed by atoms with Crippen molar-refractivity contribution in [2.45, 2.75) is 25.4 Å². The van der Waals surface area contributed by atoms with Crippen LogP contribution in [0.1, 0.15) is 23.6 Å². The molecule has 0 amide bonds. The van der Waals surface area contributed by atoms with E-state index in [1.165, 1.54) is 28.8 Å². The number of aromatic nitrogens is 1. The molecule has 1 fully saturated rings. The molecule has 2 atom stereocenters. The summed E-state index contributed by atoms with van der Waals surface area (Å²) in [5, 5.41) is 0. The lowest BCUT2D eigenvalue weighted by Crippen LogP contribution is -2.47. The van der Waals surface area contributed by atoms with Crippen molar-refractivity contribution in [3.05, 3.63) is 88.3 Å². The van der Waals surface area contributed by atoms with Gasteiger partial charge < -0.3 is 9.30 Å². The van der Waals surface area contributed by atoms with Gasteiger partial charge in [0.25, 0.3) is 5.56 Å². The summed E-state index contributed by atoms with van der Waals surface area (Å²) < 4.78 is 7.33. The minimum atomic E-state index is 0.137. The molecule has 29 heavy (non-hydrogen) atoms. The highest BCUT2D eigenvalue weighted by Crippen LogP contribution is 2.40. The van der Waals surface area contributed by atoms with E-state index < -0.39 is 0 Å². The van der Waals surface area contributed by atoms with E-state index in [0.717, 1.165) is 31.9 Å².